The Bertz CT molecular complexity index is 732. The fourth-order valence-electron chi connectivity index (χ4n) is 2.11. The van der Waals surface area contributed by atoms with E-state index in [9.17, 15) is 4.79 Å². The van der Waals surface area contributed by atoms with E-state index >= 15 is 0 Å². The number of fused-ring (bicyclic) bond motifs is 1. The van der Waals surface area contributed by atoms with Gasteiger partial charge in [-0.3, -0.25) is 0 Å². The van der Waals surface area contributed by atoms with Crippen molar-refractivity contribution in [2.75, 3.05) is 13.4 Å². The molecule has 0 aliphatic carbocycles. The lowest BCUT2D eigenvalue weighted by molar-refractivity contribution is -0.136. The van der Waals surface area contributed by atoms with Crippen LogP contribution in [0.25, 0.3) is 12.2 Å². The van der Waals surface area contributed by atoms with Gasteiger partial charge in [0.1, 0.15) is 6.61 Å². The van der Waals surface area contributed by atoms with Crippen LogP contribution in [0.15, 0.2) is 60.7 Å². The zero-order chi connectivity index (χ0) is 15.9. The molecule has 0 saturated heterocycles. The second-order valence-corrected chi connectivity index (χ2v) is 4.89. The predicted molar refractivity (Wildman–Crippen MR) is 88.0 cm³/mol. The first-order chi connectivity index (χ1) is 11.3. The van der Waals surface area contributed by atoms with Crippen molar-refractivity contribution in [3.63, 3.8) is 0 Å². The number of hydrogen-bond donors (Lipinski definition) is 0. The Morgan fingerprint density at radius 2 is 1.83 bits per heavy atom. The van der Waals surface area contributed by atoms with Crippen LogP contribution in [0, 0.1) is 0 Å². The molecule has 2 aromatic rings. The Morgan fingerprint density at radius 3 is 2.70 bits per heavy atom. The highest BCUT2D eigenvalue weighted by atomic mass is 16.7. The Kier molecular flexibility index (Phi) is 4.74. The summed E-state index contributed by atoms with van der Waals surface area (Å²) in [6.45, 7) is 0.470. The molecule has 0 fully saturated rings. The van der Waals surface area contributed by atoms with Crippen LogP contribution in [0.5, 0.6) is 11.5 Å². The van der Waals surface area contributed by atoms with Crippen LogP contribution in [0.3, 0.4) is 0 Å². The number of carbonyl (C=O) groups is 1. The SMILES string of the molecule is O=C(/C=C\c1ccc2c(c1)OCO2)OC/C=C/c1ccccc1. The molecule has 0 unspecified atom stereocenters. The quantitative estimate of drug-likeness (QED) is 0.624. The van der Waals surface area contributed by atoms with Gasteiger partial charge in [0, 0.05) is 6.08 Å². The molecule has 2 aromatic carbocycles. The fraction of sp³-hybridized carbons (Fsp3) is 0.105. The Labute approximate surface area is 134 Å². The minimum atomic E-state index is -0.389. The van der Waals surface area contributed by atoms with Gasteiger partial charge in [-0.05, 0) is 35.4 Å². The van der Waals surface area contributed by atoms with Crippen molar-refractivity contribution in [2.45, 2.75) is 0 Å². The monoisotopic (exact) mass is 308 g/mol. The first kappa shape index (κ1) is 14.9. The van der Waals surface area contributed by atoms with Gasteiger partial charge in [0.05, 0.1) is 0 Å². The first-order valence-electron chi connectivity index (χ1n) is 7.27. The van der Waals surface area contributed by atoms with Crippen molar-refractivity contribution in [3.05, 3.63) is 71.8 Å². The summed E-state index contributed by atoms with van der Waals surface area (Å²) >= 11 is 0. The van der Waals surface area contributed by atoms with E-state index in [1.54, 1.807) is 6.08 Å². The summed E-state index contributed by atoms with van der Waals surface area (Å²) < 4.78 is 15.6. The van der Waals surface area contributed by atoms with E-state index in [-0.39, 0.29) is 19.4 Å². The molecule has 1 aliphatic heterocycles. The van der Waals surface area contributed by atoms with Gasteiger partial charge >= 0.3 is 5.97 Å². The van der Waals surface area contributed by atoms with Crippen molar-refractivity contribution in [1.82, 2.24) is 0 Å². The highest BCUT2D eigenvalue weighted by molar-refractivity contribution is 5.87. The van der Waals surface area contributed by atoms with Crippen LogP contribution >= 0.6 is 0 Å². The molecule has 1 aliphatic rings. The van der Waals surface area contributed by atoms with Gasteiger partial charge in [-0.1, -0.05) is 42.5 Å². The summed E-state index contributed by atoms with van der Waals surface area (Å²) in [6, 6.07) is 15.3. The zero-order valence-corrected chi connectivity index (χ0v) is 12.5. The topological polar surface area (TPSA) is 44.8 Å². The molecular formula is C19H16O4. The van der Waals surface area contributed by atoms with Crippen molar-refractivity contribution >= 4 is 18.1 Å². The molecule has 0 N–H and O–H groups in total. The van der Waals surface area contributed by atoms with Crippen molar-refractivity contribution in [3.8, 4) is 11.5 Å². The lowest BCUT2D eigenvalue weighted by Crippen LogP contribution is -1.99. The Balaban J connectivity index is 1.48. The number of carbonyl (C=O) groups excluding carboxylic acids is 1. The molecular weight excluding hydrogens is 292 g/mol. The Hall–Kier alpha value is -3.01. The molecule has 0 amide bonds. The largest absolute Gasteiger partial charge is 0.458 e. The molecule has 4 heteroatoms. The predicted octanol–water partition coefficient (Wildman–Crippen LogP) is 3.69. The second kappa shape index (κ2) is 7.31. The summed E-state index contributed by atoms with van der Waals surface area (Å²) in [7, 11) is 0. The molecule has 23 heavy (non-hydrogen) atoms. The van der Waals surface area contributed by atoms with Crippen LogP contribution in [0.2, 0.25) is 0 Å². The molecule has 3 rings (SSSR count). The van der Waals surface area contributed by atoms with E-state index in [2.05, 4.69) is 0 Å². The summed E-state index contributed by atoms with van der Waals surface area (Å²) in [5, 5.41) is 0. The summed E-state index contributed by atoms with van der Waals surface area (Å²) in [5.74, 6) is 1.02. The Morgan fingerprint density at radius 1 is 1.00 bits per heavy atom. The minimum Gasteiger partial charge on any atom is -0.458 e. The third-order valence-electron chi connectivity index (χ3n) is 3.24. The van der Waals surface area contributed by atoms with Gasteiger partial charge in [-0.15, -0.1) is 0 Å². The van der Waals surface area contributed by atoms with Gasteiger partial charge in [0.2, 0.25) is 6.79 Å². The van der Waals surface area contributed by atoms with Crippen LogP contribution < -0.4 is 9.47 Å². The molecule has 0 saturated carbocycles. The normalized spacial score (nSPS) is 12.9. The van der Waals surface area contributed by atoms with Gasteiger partial charge in [0.25, 0.3) is 0 Å². The lowest BCUT2D eigenvalue weighted by atomic mass is 10.2. The van der Waals surface area contributed by atoms with Gasteiger partial charge in [0.15, 0.2) is 11.5 Å². The van der Waals surface area contributed by atoms with E-state index in [0.717, 1.165) is 16.9 Å². The standard InChI is InChI=1S/C19H16O4/c20-19(21-12-4-7-15-5-2-1-3-6-15)11-9-16-8-10-17-18(13-16)23-14-22-17/h1-11,13H,12,14H2/b7-4+,11-9-. The highest BCUT2D eigenvalue weighted by Gasteiger charge is 2.12. The first-order valence-corrected chi connectivity index (χ1v) is 7.27. The fourth-order valence-corrected chi connectivity index (χ4v) is 2.11. The number of esters is 1. The van der Waals surface area contributed by atoms with E-state index in [1.807, 2.05) is 60.7 Å². The van der Waals surface area contributed by atoms with Gasteiger partial charge in [-0.25, -0.2) is 4.79 Å². The van der Waals surface area contributed by atoms with Crippen molar-refractivity contribution in [1.29, 1.82) is 0 Å². The molecule has 116 valence electrons. The smallest absolute Gasteiger partial charge is 0.331 e. The minimum absolute atomic E-state index is 0.234. The van der Waals surface area contributed by atoms with E-state index < -0.39 is 0 Å². The molecule has 4 nitrogen and oxygen atoms in total. The molecule has 0 radical (unpaired) electrons. The molecule has 0 bridgehead atoms. The highest BCUT2D eigenvalue weighted by Crippen LogP contribution is 2.32. The average molecular weight is 308 g/mol. The lowest BCUT2D eigenvalue weighted by Gasteiger charge is -1.99. The number of ether oxygens (including phenoxy) is 3. The van der Waals surface area contributed by atoms with Crippen LogP contribution in [-0.2, 0) is 9.53 Å². The maximum atomic E-state index is 11.7. The molecule has 0 atom stereocenters. The summed E-state index contributed by atoms with van der Waals surface area (Å²) in [4.78, 5) is 11.7. The van der Waals surface area contributed by atoms with Gasteiger partial charge < -0.3 is 14.2 Å². The average Bonchev–Trinajstić information content (AvgIpc) is 3.05. The van der Waals surface area contributed by atoms with Crippen molar-refractivity contribution < 1.29 is 19.0 Å². The third-order valence-corrected chi connectivity index (χ3v) is 3.24. The van der Waals surface area contributed by atoms with Gasteiger partial charge in [-0.2, -0.15) is 0 Å². The van der Waals surface area contributed by atoms with E-state index in [0.29, 0.717) is 5.75 Å². The maximum absolute atomic E-state index is 11.7. The molecule has 0 spiro atoms. The van der Waals surface area contributed by atoms with Crippen LogP contribution in [0.4, 0.5) is 0 Å². The number of hydrogen-bond acceptors (Lipinski definition) is 4. The number of benzene rings is 2. The van der Waals surface area contributed by atoms with E-state index in [1.165, 1.54) is 6.08 Å². The second-order valence-electron chi connectivity index (χ2n) is 4.89. The number of rotatable bonds is 5. The molecule has 1 heterocycles. The van der Waals surface area contributed by atoms with Crippen LogP contribution in [-0.4, -0.2) is 19.4 Å². The summed E-state index contributed by atoms with van der Waals surface area (Å²) in [6.07, 6.45) is 6.80. The van der Waals surface area contributed by atoms with Crippen molar-refractivity contribution in [2.24, 2.45) is 0 Å². The zero-order valence-electron chi connectivity index (χ0n) is 12.5. The van der Waals surface area contributed by atoms with Crippen LogP contribution in [0.1, 0.15) is 11.1 Å². The van der Waals surface area contributed by atoms with E-state index in [4.69, 9.17) is 14.2 Å². The maximum Gasteiger partial charge on any atom is 0.331 e. The summed E-state index contributed by atoms with van der Waals surface area (Å²) in [5.41, 5.74) is 1.92. The third kappa shape index (κ3) is 4.23. The molecule has 0 aromatic heterocycles.